The average molecular weight is 169 g/mol. The molecule has 1 rings (SSSR count). The van der Waals surface area contributed by atoms with E-state index in [1.807, 2.05) is 0 Å². The summed E-state index contributed by atoms with van der Waals surface area (Å²) in [6.07, 6.45) is 2.96. The Morgan fingerprint density at radius 3 is 3.17 bits per heavy atom. The number of rotatable bonds is 3. The first-order chi connectivity index (χ1) is 5.68. The third-order valence-corrected chi connectivity index (χ3v) is 1.20. The molecule has 0 fully saturated rings. The maximum absolute atomic E-state index is 11.0. The van der Waals surface area contributed by atoms with Crippen LogP contribution < -0.4 is 11.1 Å². The fourth-order valence-electron chi connectivity index (χ4n) is 0.758. The third kappa shape index (κ3) is 2.71. The van der Waals surface area contributed by atoms with Gasteiger partial charge in [-0.1, -0.05) is 0 Å². The van der Waals surface area contributed by atoms with Crippen molar-refractivity contribution in [3.05, 3.63) is 12.6 Å². The molecule has 1 heterocycles. The Bertz CT molecular complexity index is 243. The summed E-state index contributed by atoms with van der Waals surface area (Å²) in [4.78, 5) is 14.7. The zero-order chi connectivity index (χ0) is 8.97. The van der Waals surface area contributed by atoms with E-state index in [9.17, 15) is 4.79 Å². The SMILES string of the molecule is CC(N)CC(=O)Nc1cnco1. The van der Waals surface area contributed by atoms with E-state index < -0.39 is 0 Å². The fourth-order valence-corrected chi connectivity index (χ4v) is 0.758. The Kier molecular flexibility index (Phi) is 2.82. The van der Waals surface area contributed by atoms with E-state index in [0.717, 1.165) is 0 Å². The van der Waals surface area contributed by atoms with Crippen LogP contribution in [0.15, 0.2) is 17.0 Å². The smallest absolute Gasteiger partial charge is 0.228 e. The van der Waals surface area contributed by atoms with Crippen LogP contribution in [0.25, 0.3) is 0 Å². The number of aromatic nitrogens is 1. The Morgan fingerprint density at radius 1 is 1.92 bits per heavy atom. The summed E-state index contributed by atoms with van der Waals surface area (Å²) in [5.74, 6) is 0.183. The van der Waals surface area contributed by atoms with Gasteiger partial charge in [-0.05, 0) is 6.92 Å². The Hall–Kier alpha value is -1.36. The van der Waals surface area contributed by atoms with E-state index in [1.54, 1.807) is 6.92 Å². The fraction of sp³-hybridized carbons (Fsp3) is 0.429. The van der Waals surface area contributed by atoms with Crippen molar-refractivity contribution in [2.75, 3.05) is 5.32 Å². The minimum Gasteiger partial charge on any atom is -0.428 e. The molecule has 0 aliphatic carbocycles. The molecular formula is C7H11N3O2. The highest BCUT2D eigenvalue weighted by molar-refractivity contribution is 5.89. The van der Waals surface area contributed by atoms with Crippen LogP contribution in [0.2, 0.25) is 0 Å². The number of anilines is 1. The van der Waals surface area contributed by atoms with Crippen LogP contribution in [-0.4, -0.2) is 16.9 Å². The normalized spacial score (nSPS) is 12.5. The molecule has 1 atom stereocenters. The Balaban J connectivity index is 2.37. The molecule has 12 heavy (non-hydrogen) atoms. The van der Waals surface area contributed by atoms with Crippen LogP contribution in [0.4, 0.5) is 5.88 Å². The van der Waals surface area contributed by atoms with Crippen molar-refractivity contribution in [1.29, 1.82) is 0 Å². The van der Waals surface area contributed by atoms with Gasteiger partial charge in [-0.25, -0.2) is 4.98 Å². The number of hydrogen-bond donors (Lipinski definition) is 2. The summed E-state index contributed by atoms with van der Waals surface area (Å²) in [5, 5.41) is 2.51. The van der Waals surface area contributed by atoms with Gasteiger partial charge in [0.25, 0.3) is 0 Å². The maximum atomic E-state index is 11.0. The molecule has 1 aromatic rings. The van der Waals surface area contributed by atoms with E-state index >= 15 is 0 Å². The van der Waals surface area contributed by atoms with E-state index in [2.05, 4.69) is 10.3 Å². The number of carbonyl (C=O) groups excluding carboxylic acids is 1. The molecule has 5 nitrogen and oxygen atoms in total. The van der Waals surface area contributed by atoms with Crippen LogP contribution in [0.5, 0.6) is 0 Å². The first-order valence-electron chi connectivity index (χ1n) is 3.62. The topological polar surface area (TPSA) is 81.2 Å². The van der Waals surface area contributed by atoms with E-state index in [-0.39, 0.29) is 18.4 Å². The highest BCUT2D eigenvalue weighted by atomic mass is 16.4. The largest absolute Gasteiger partial charge is 0.428 e. The molecule has 3 N–H and O–H groups in total. The zero-order valence-electron chi connectivity index (χ0n) is 6.78. The zero-order valence-corrected chi connectivity index (χ0v) is 6.78. The molecular weight excluding hydrogens is 158 g/mol. The highest BCUT2D eigenvalue weighted by Gasteiger charge is 2.06. The predicted molar refractivity (Wildman–Crippen MR) is 43.4 cm³/mol. The van der Waals surface area contributed by atoms with Gasteiger partial charge in [-0.2, -0.15) is 0 Å². The molecule has 0 bridgehead atoms. The lowest BCUT2D eigenvalue weighted by molar-refractivity contribution is -0.116. The van der Waals surface area contributed by atoms with Crippen LogP contribution in [0, 0.1) is 0 Å². The summed E-state index contributed by atoms with van der Waals surface area (Å²) in [6.45, 7) is 1.76. The summed E-state index contributed by atoms with van der Waals surface area (Å²) >= 11 is 0. The van der Waals surface area contributed by atoms with Gasteiger partial charge in [0, 0.05) is 12.5 Å². The number of nitrogens with two attached hydrogens (primary N) is 1. The van der Waals surface area contributed by atoms with E-state index in [0.29, 0.717) is 5.88 Å². The minimum absolute atomic E-state index is 0.145. The number of nitrogens with one attached hydrogen (secondary N) is 1. The molecule has 5 heteroatoms. The maximum Gasteiger partial charge on any atom is 0.228 e. The molecule has 0 spiro atoms. The molecule has 0 aliphatic rings. The summed E-state index contributed by atoms with van der Waals surface area (Å²) in [7, 11) is 0. The van der Waals surface area contributed by atoms with Crippen molar-refractivity contribution in [3.8, 4) is 0 Å². The molecule has 1 aromatic heterocycles. The van der Waals surface area contributed by atoms with E-state index in [1.165, 1.54) is 12.6 Å². The van der Waals surface area contributed by atoms with Gasteiger partial charge in [-0.3, -0.25) is 10.1 Å². The summed E-state index contributed by atoms with van der Waals surface area (Å²) in [5.41, 5.74) is 5.42. The Labute approximate surface area is 70.0 Å². The number of hydrogen-bond acceptors (Lipinski definition) is 4. The molecule has 0 aromatic carbocycles. The van der Waals surface area contributed by atoms with Gasteiger partial charge in [0.2, 0.25) is 11.8 Å². The third-order valence-electron chi connectivity index (χ3n) is 1.20. The summed E-state index contributed by atoms with van der Waals surface area (Å²) < 4.78 is 4.80. The van der Waals surface area contributed by atoms with Crippen LogP contribution in [0.1, 0.15) is 13.3 Å². The standard InChI is InChI=1S/C7H11N3O2/c1-5(8)2-6(11)10-7-3-9-4-12-7/h3-5H,2,8H2,1H3,(H,10,11). The molecule has 0 aliphatic heterocycles. The number of nitrogens with zero attached hydrogens (tertiary/aromatic N) is 1. The van der Waals surface area contributed by atoms with Crippen molar-refractivity contribution < 1.29 is 9.21 Å². The second-order valence-corrected chi connectivity index (χ2v) is 2.60. The first kappa shape index (κ1) is 8.73. The van der Waals surface area contributed by atoms with Gasteiger partial charge >= 0.3 is 0 Å². The second-order valence-electron chi connectivity index (χ2n) is 2.60. The van der Waals surface area contributed by atoms with Crippen LogP contribution >= 0.6 is 0 Å². The Morgan fingerprint density at radius 2 is 2.67 bits per heavy atom. The van der Waals surface area contributed by atoms with Crippen molar-refractivity contribution >= 4 is 11.8 Å². The van der Waals surface area contributed by atoms with Gasteiger partial charge in [0.05, 0.1) is 6.20 Å². The van der Waals surface area contributed by atoms with Crippen molar-refractivity contribution in [2.45, 2.75) is 19.4 Å². The first-order valence-corrected chi connectivity index (χ1v) is 3.62. The summed E-state index contributed by atoms with van der Waals surface area (Å²) in [6, 6.07) is -0.145. The highest BCUT2D eigenvalue weighted by Crippen LogP contribution is 2.04. The monoisotopic (exact) mass is 169 g/mol. The molecule has 1 amide bonds. The van der Waals surface area contributed by atoms with Crippen molar-refractivity contribution in [2.24, 2.45) is 5.73 Å². The number of amides is 1. The molecule has 1 unspecified atom stereocenters. The lowest BCUT2D eigenvalue weighted by Crippen LogP contribution is -2.23. The van der Waals surface area contributed by atoms with Gasteiger partial charge < -0.3 is 10.2 Å². The number of carbonyl (C=O) groups is 1. The van der Waals surface area contributed by atoms with E-state index in [4.69, 9.17) is 10.2 Å². The molecule has 0 saturated heterocycles. The lowest BCUT2D eigenvalue weighted by Gasteiger charge is -2.03. The van der Waals surface area contributed by atoms with Gasteiger partial charge in [0.15, 0.2) is 6.39 Å². The predicted octanol–water partition coefficient (Wildman–Crippen LogP) is 0.350. The number of oxazole rings is 1. The lowest BCUT2D eigenvalue weighted by atomic mass is 10.2. The molecule has 0 saturated carbocycles. The van der Waals surface area contributed by atoms with Crippen molar-refractivity contribution in [1.82, 2.24) is 4.98 Å². The minimum atomic E-state index is -0.165. The van der Waals surface area contributed by atoms with Crippen molar-refractivity contribution in [3.63, 3.8) is 0 Å². The van der Waals surface area contributed by atoms with Gasteiger partial charge in [-0.15, -0.1) is 0 Å². The molecule has 66 valence electrons. The molecule has 0 radical (unpaired) electrons. The van der Waals surface area contributed by atoms with Crippen LogP contribution in [-0.2, 0) is 4.79 Å². The second kappa shape index (κ2) is 3.87. The average Bonchev–Trinajstić information content (AvgIpc) is 2.37. The van der Waals surface area contributed by atoms with Crippen LogP contribution in [0.3, 0.4) is 0 Å². The van der Waals surface area contributed by atoms with Gasteiger partial charge in [0.1, 0.15) is 0 Å². The quantitative estimate of drug-likeness (QED) is 0.684.